The maximum absolute atomic E-state index is 5.66. The fourth-order valence-electron chi connectivity index (χ4n) is 16.1. The second kappa shape index (κ2) is 28.9. The lowest BCUT2D eigenvalue weighted by atomic mass is 9.70. The van der Waals surface area contributed by atoms with Crippen LogP contribution in [0.4, 0.5) is 0 Å². The molecule has 0 unspecified atom stereocenters. The van der Waals surface area contributed by atoms with Crippen molar-refractivity contribution < 1.29 is 0 Å². The SMILES string of the molecule is CCCCCCCCC1(CCCCCCCC)c2cc(C)ccc2-c2ccc(-c3cc(-c4ccc5c(c4)C(CCCCCCCC)(CCCCCCCC)c4cc(-c6ccc7c(c6)sc6c8ccc(C)cc8sc76)ccc4-5)nc(-c4nc5ccccc5s4)n3)cc21. The van der Waals surface area contributed by atoms with Crippen LogP contribution in [0.5, 0.6) is 0 Å². The lowest BCUT2D eigenvalue weighted by molar-refractivity contribution is 0.398. The monoisotopic (exact) mass is 1260 g/mol. The van der Waals surface area contributed by atoms with Crippen molar-refractivity contribution in [1.82, 2.24) is 15.0 Å². The maximum Gasteiger partial charge on any atom is 0.189 e. The molecule has 11 aromatic rings. The summed E-state index contributed by atoms with van der Waals surface area (Å²) in [6.07, 6.45) is 35.7. The van der Waals surface area contributed by atoms with Crippen molar-refractivity contribution in [3.63, 3.8) is 0 Å². The van der Waals surface area contributed by atoms with E-state index in [1.165, 1.54) is 269 Å². The standard InChI is InChI=1S/C85H97N3S3/c1-7-11-15-19-23-29-47-84(48-30-24-20-16-12-8-2)70-51-58(5)35-41-64(70)66-44-39-62(54-72(66)84)75-57-76(87-82(86-75)83-88-74-33-27-28-34-77(74)91-83)63-40-45-67-65-43-37-60(61-38-46-69-79(56-61)90-80-68-42-36-59(6)52-78(68)89-81(69)80)53-71(65)85(73(67)55-63,49-31-25-21-17-13-9-3)50-32-26-22-18-14-10-4/h27-28,33-46,51-57H,7-26,29-32,47-50H2,1-6H3. The first-order valence-corrected chi connectivity index (χ1v) is 38.3. The highest BCUT2D eigenvalue weighted by Crippen LogP contribution is 2.58. The van der Waals surface area contributed by atoms with Gasteiger partial charge in [0.25, 0.3) is 0 Å². The molecule has 0 amide bonds. The quantitative estimate of drug-likeness (QED) is 0.0395. The molecule has 7 aromatic carbocycles. The number of hydrogen-bond acceptors (Lipinski definition) is 6. The van der Waals surface area contributed by atoms with Gasteiger partial charge in [-0.15, -0.1) is 34.0 Å². The molecule has 0 aliphatic heterocycles. The van der Waals surface area contributed by atoms with Crippen LogP contribution < -0.4 is 0 Å². The molecule has 3 nitrogen and oxygen atoms in total. The molecule has 4 aromatic heterocycles. The molecule has 0 spiro atoms. The Kier molecular flexibility index (Phi) is 20.2. The molecule has 13 rings (SSSR count). The van der Waals surface area contributed by atoms with Crippen LogP contribution in [0, 0.1) is 13.8 Å². The van der Waals surface area contributed by atoms with Crippen molar-refractivity contribution in [1.29, 1.82) is 0 Å². The van der Waals surface area contributed by atoms with Crippen molar-refractivity contribution in [2.75, 3.05) is 0 Å². The van der Waals surface area contributed by atoms with E-state index in [0.29, 0.717) is 5.82 Å². The summed E-state index contributed by atoms with van der Waals surface area (Å²) in [5.41, 5.74) is 22.2. The highest BCUT2D eigenvalue weighted by Gasteiger charge is 2.44. The van der Waals surface area contributed by atoms with Gasteiger partial charge in [-0.05, 0) is 149 Å². The summed E-state index contributed by atoms with van der Waals surface area (Å²) in [7, 11) is 0. The Balaban J connectivity index is 0.933. The number of para-hydroxylation sites is 1. The predicted octanol–water partition coefficient (Wildman–Crippen LogP) is 27.5. The van der Waals surface area contributed by atoms with Gasteiger partial charge in [-0.1, -0.05) is 278 Å². The van der Waals surface area contributed by atoms with Crippen LogP contribution in [0.1, 0.15) is 241 Å². The summed E-state index contributed by atoms with van der Waals surface area (Å²) in [4.78, 5) is 16.6. The number of unbranched alkanes of at least 4 members (excludes halogenated alkanes) is 20. The van der Waals surface area contributed by atoms with Gasteiger partial charge in [0.15, 0.2) is 10.8 Å². The molecule has 91 heavy (non-hydrogen) atoms. The van der Waals surface area contributed by atoms with Gasteiger partial charge >= 0.3 is 0 Å². The summed E-state index contributed by atoms with van der Waals surface area (Å²) in [6.45, 7) is 13.9. The summed E-state index contributed by atoms with van der Waals surface area (Å²) in [5, 5.41) is 3.66. The van der Waals surface area contributed by atoms with Crippen molar-refractivity contribution in [2.24, 2.45) is 0 Å². The summed E-state index contributed by atoms with van der Waals surface area (Å²) in [5.74, 6) is 0.711. The molecule has 470 valence electrons. The Hall–Kier alpha value is -6.31. The average Bonchev–Trinajstić information content (AvgIpc) is 1.60. The molecule has 2 aliphatic rings. The number of rotatable bonds is 32. The summed E-state index contributed by atoms with van der Waals surface area (Å²) in [6, 6.07) is 55.1. The Morgan fingerprint density at radius 1 is 0.319 bits per heavy atom. The smallest absolute Gasteiger partial charge is 0.189 e. The van der Waals surface area contributed by atoms with E-state index in [1.807, 2.05) is 22.7 Å². The molecule has 0 saturated carbocycles. The summed E-state index contributed by atoms with van der Waals surface area (Å²) < 4.78 is 6.81. The van der Waals surface area contributed by atoms with Crippen LogP contribution in [0.3, 0.4) is 0 Å². The fourth-order valence-corrected chi connectivity index (χ4v) is 19.8. The number of hydrogen-bond donors (Lipinski definition) is 0. The van der Waals surface area contributed by atoms with Crippen LogP contribution in [0.2, 0.25) is 0 Å². The van der Waals surface area contributed by atoms with Gasteiger partial charge in [-0.25, -0.2) is 15.0 Å². The van der Waals surface area contributed by atoms with Crippen molar-refractivity contribution in [3.05, 3.63) is 173 Å². The van der Waals surface area contributed by atoms with Crippen LogP contribution in [-0.2, 0) is 10.8 Å². The van der Waals surface area contributed by atoms with E-state index in [2.05, 4.69) is 181 Å². The Bertz CT molecular complexity index is 4260. The normalized spacial score (nSPS) is 13.7. The zero-order chi connectivity index (χ0) is 62.3. The number of aryl methyl sites for hydroxylation is 2. The minimum absolute atomic E-state index is 0.0414. The first-order chi connectivity index (χ1) is 44.7. The van der Waals surface area contributed by atoms with Gasteiger partial charge in [-0.2, -0.15) is 0 Å². The van der Waals surface area contributed by atoms with E-state index in [-0.39, 0.29) is 10.8 Å². The number of fused-ring (bicyclic) bond motifs is 12. The lowest BCUT2D eigenvalue weighted by Crippen LogP contribution is -2.26. The third kappa shape index (κ3) is 13.1. The lowest BCUT2D eigenvalue weighted by Gasteiger charge is -2.33. The number of thiophene rings is 2. The molecular formula is C85H97N3S3. The molecule has 6 heteroatoms. The first kappa shape index (κ1) is 63.4. The van der Waals surface area contributed by atoms with Crippen molar-refractivity contribution >= 4 is 73.8 Å². The van der Waals surface area contributed by atoms with E-state index in [1.54, 1.807) is 16.9 Å². The topological polar surface area (TPSA) is 38.7 Å². The van der Waals surface area contributed by atoms with Gasteiger partial charge in [0, 0.05) is 42.1 Å². The largest absolute Gasteiger partial charge is 0.233 e. The molecule has 0 atom stereocenters. The highest BCUT2D eigenvalue weighted by molar-refractivity contribution is 7.36. The zero-order valence-electron chi connectivity index (χ0n) is 55.6. The third-order valence-corrected chi connectivity index (χ3v) is 24.6. The molecule has 4 heterocycles. The summed E-state index contributed by atoms with van der Waals surface area (Å²) >= 11 is 5.65. The molecule has 0 N–H and O–H groups in total. The highest BCUT2D eigenvalue weighted by atomic mass is 32.1. The van der Waals surface area contributed by atoms with E-state index in [9.17, 15) is 0 Å². The Morgan fingerprint density at radius 2 is 0.703 bits per heavy atom. The number of aromatic nitrogens is 3. The first-order valence-electron chi connectivity index (χ1n) is 35.9. The second-order valence-electron chi connectivity index (χ2n) is 27.6. The van der Waals surface area contributed by atoms with Crippen LogP contribution in [0.25, 0.3) is 107 Å². The molecule has 2 aliphatic carbocycles. The third-order valence-electron chi connectivity index (χ3n) is 21.1. The average molecular weight is 1260 g/mol. The predicted molar refractivity (Wildman–Crippen MR) is 399 cm³/mol. The van der Waals surface area contributed by atoms with E-state index >= 15 is 0 Å². The van der Waals surface area contributed by atoms with Crippen LogP contribution in [0.15, 0.2) is 140 Å². The molecule has 0 fully saturated rings. The van der Waals surface area contributed by atoms with E-state index in [4.69, 9.17) is 15.0 Å². The number of benzene rings is 7. The van der Waals surface area contributed by atoms with Crippen molar-refractivity contribution in [3.8, 4) is 66.7 Å². The minimum Gasteiger partial charge on any atom is -0.233 e. The van der Waals surface area contributed by atoms with Crippen LogP contribution in [-0.4, -0.2) is 15.0 Å². The van der Waals surface area contributed by atoms with Gasteiger partial charge in [0.1, 0.15) is 0 Å². The van der Waals surface area contributed by atoms with Crippen molar-refractivity contribution in [2.45, 2.75) is 232 Å². The molecule has 0 saturated heterocycles. The van der Waals surface area contributed by atoms with Gasteiger partial charge in [0.05, 0.1) is 31.0 Å². The van der Waals surface area contributed by atoms with Gasteiger partial charge in [0.2, 0.25) is 0 Å². The Morgan fingerprint density at radius 3 is 1.21 bits per heavy atom. The Labute approximate surface area is 556 Å². The molecule has 0 radical (unpaired) electrons. The fraction of sp³-hybridized carbons (Fsp3) is 0.424. The van der Waals surface area contributed by atoms with Crippen LogP contribution >= 0.6 is 34.0 Å². The van der Waals surface area contributed by atoms with E-state index in [0.717, 1.165) is 39.5 Å². The number of thiazole rings is 1. The minimum atomic E-state index is -0.132. The number of nitrogens with zero attached hydrogens (tertiary/aromatic N) is 3. The van der Waals surface area contributed by atoms with Gasteiger partial charge in [-0.3, -0.25) is 0 Å². The maximum atomic E-state index is 5.66. The molecule has 0 bridgehead atoms. The van der Waals surface area contributed by atoms with E-state index < -0.39 is 0 Å². The second-order valence-corrected chi connectivity index (χ2v) is 30.7. The molecular weight excluding hydrogens is 1160 g/mol. The van der Waals surface area contributed by atoms with Gasteiger partial charge < -0.3 is 0 Å². The zero-order valence-corrected chi connectivity index (χ0v) is 58.1.